The molecule has 0 spiro atoms. The van der Waals surface area contributed by atoms with E-state index in [9.17, 15) is 9.59 Å². The molecule has 2 aromatic rings. The molecule has 118 valence electrons. The lowest BCUT2D eigenvalue weighted by atomic mass is 10.2. The van der Waals surface area contributed by atoms with E-state index in [1.54, 1.807) is 55.6 Å². The van der Waals surface area contributed by atoms with Crippen molar-refractivity contribution in [2.24, 2.45) is 5.10 Å². The monoisotopic (exact) mass is 375 g/mol. The number of nitrogens with one attached hydrogen (secondary N) is 2. The topological polar surface area (TPSA) is 79.8 Å². The molecule has 2 aromatic carbocycles. The zero-order valence-electron chi connectivity index (χ0n) is 12.2. The summed E-state index contributed by atoms with van der Waals surface area (Å²) in [4.78, 5) is 23.4. The van der Waals surface area contributed by atoms with Crippen LogP contribution in [0.1, 0.15) is 5.56 Å². The Bertz CT molecular complexity index is 730. The number of benzene rings is 2. The minimum Gasteiger partial charge on any atom is -0.497 e. The van der Waals surface area contributed by atoms with Gasteiger partial charge in [-0.1, -0.05) is 12.1 Å². The van der Waals surface area contributed by atoms with E-state index in [1.165, 1.54) is 6.21 Å². The first-order valence-electron chi connectivity index (χ1n) is 6.63. The van der Waals surface area contributed by atoms with Crippen LogP contribution in [0.15, 0.2) is 58.1 Å². The van der Waals surface area contributed by atoms with E-state index in [-0.39, 0.29) is 0 Å². The summed E-state index contributed by atoms with van der Waals surface area (Å²) in [7, 11) is 1.58. The Balaban J connectivity index is 1.89. The molecular weight excluding hydrogens is 362 g/mol. The quantitative estimate of drug-likeness (QED) is 0.489. The average Bonchev–Trinajstić information content (AvgIpc) is 2.57. The van der Waals surface area contributed by atoms with Crippen LogP contribution in [0.4, 0.5) is 5.69 Å². The smallest absolute Gasteiger partial charge is 0.329 e. The third-order valence-electron chi connectivity index (χ3n) is 2.82. The number of methoxy groups -OCH3 is 1. The van der Waals surface area contributed by atoms with E-state index in [2.05, 4.69) is 31.8 Å². The summed E-state index contributed by atoms with van der Waals surface area (Å²) >= 11 is 3.28. The lowest BCUT2D eigenvalue weighted by Gasteiger charge is -2.05. The van der Waals surface area contributed by atoms with Crippen LogP contribution in [0, 0.1) is 0 Å². The Morgan fingerprint density at radius 2 is 1.78 bits per heavy atom. The molecule has 2 N–H and O–H groups in total. The fourth-order valence-electron chi connectivity index (χ4n) is 1.65. The third-order valence-corrected chi connectivity index (χ3v) is 3.52. The number of anilines is 1. The fourth-order valence-corrected chi connectivity index (χ4v) is 2.03. The Labute approximate surface area is 141 Å². The molecule has 0 bridgehead atoms. The largest absolute Gasteiger partial charge is 0.497 e. The van der Waals surface area contributed by atoms with E-state index in [0.29, 0.717) is 10.2 Å². The van der Waals surface area contributed by atoms with Crippen molar-refractivity contribution >= 4 is 39.6 Å². The third kappa shape index (κ3) is 4.93. The molecular formula is C16H14BrN3O3. The van der Waals surface area contributed by atoms with Crippen molar-refractivity contribution < 1.29 is 14.3 Å². The first-order chi connectivity index (χ1) is 11.1. The number of hydrogen-bond acceptors (Lipinski definition) is 4. The summed E-state index contributed by atoms with van der Waals surface area (Å²) in [6.07, 6.45) is 1.43. The normalized spacial score (nSPS) is 10.3. The SMILES string of the molecule is COc1ccc(C=NNC(=O)C(=O)Nc2ccccc2Br)cc1. The summed E-state index contributed by atoms with van der Waals surface area (Å²) in [6, 6.07) is 14.1. The number of hydrogen-bond donors (Lipinski definition) is 2. The second-order valence-electron chi connectivity index (χ2n) is 4.41. The van der Waals surface area contributed by atoms with Crippen molar-refractivity contribution in [2.45, 2.75) is 0 Å². The molecule has 0 unspecified atom stereocenters. The van der Waals surface area contributed by atoms with Gasteiger partial charge in [-0.3, -0.25) is 9.59 Å². The summed E-state index contributed by atoms with van der Waals surface area (Å²) in [6.45, 7) is 0. The molecule has 0 aromatic heterocycles. The van der Waals surface area contributed by atoms with Crippen LogP contribution >= 0.6 is 15.9 Å². The van der Waals surface area contributed by atoms with Crippen LogP contribution in [0.2, 0.25) is 0 Å². The van der Waals surface area contributed by atoms with Gasteiger partial charge in [0.25, 0.3) is 0 Å². The van der Waals surface area contributed by atoms with Crippen molar-refractivity contribution in [2.75, 3.05) is 12.4 Å². The van der Waals surface area contributed by atoms with Crippen LogP contribution in [0.5, 0.6) is 5.75 Å². The number of carbonyl (C=O) groups is 2. The Hall–Kier alpha value is -2.67. The van der Waals surface area contributed by atoms with Gasteiger partial charge in [-0.15, -0.1) is 0 Å². The highest BCUT2D eigenvalue weighted by molar-refractivity contribution is 9.10. The summed E-state index contributed by atoms with van der Waals surface area (Å²) in [5, 5.41) is 6.23. The van der Waals surface area contributed by atoms with E-state index >= 15 is 0 Å². The Morgan fingerprint density at radius 1 is 1.09 bits per heavy atom. The van der Waals surface area contributed by atoms with E-state index < -0.39 is 11.8 Å². The van der Waals surface area contributed by atoms with Gasteiger partial charge in [0.2, 0.25) is 0 Å². The first-order valence-corrected chi connectivity index (χ1v) is 7.42. The zero-order chi connectivity index (χ0) is 16.7. The highest BCUT2D eigenvalue weighted by Gasteiger charge is 2.13. The zero-order valence-corrected chi connectivity index (χ0v) is 13.8. The molecule has 0 saturated carbocycles. The molecule has 6 nitrogen and oxygen atoms in total. The highest BCUT2D eigenvalue weighted by Crippen LogP contribution is 2.20. The molecule has 2 rings (SSSR count). The Morgan fingerprint density at radius 3 is 2.43 bits per heavy atom. The summed E-state index contributed by atoms with van der Waals surface area (Å²) in [5.41, 5.74) is 3.44. The van der Waals surface area contributed by atoms with Gasteiger partial charge in [-0.05, 0) is 57.9 Å². The van der Waals surface area contributed by atoms with Crippen LogP contribution in [-0.4, -0.2) is 25.1 Å². The van der Waals surface area contributed by atoms with E-state index in [0.717, 1.165) is 11.3 Å². The van der Waals surface area contributed by atoms with Crippen LogP contribution in [-0.2, 0) is 9.59 Å². The highest BCUT2D eigenvalue weighted by atomic mass is 79.9. The number of nitrogens with zero attached hydrogens (tertiary/aromatic N) is 1. The van der Waals surface area contributed by atoms with E-state index in [4.69, 9.17) is 4.74 Å². The van der Waals surface area contributed by atoms with Crippen LogP contribution in [0.3, 0.4) is 0 Å². The minimum atomic E-state index is -0.856. The fraction of sp³-hybridized carbons (Fsp3) is 0.0625. The van der Waals surface area contributed by atoms with Crippen LogP contribution < -0.4 is 15.5 Å². The molecule has 0 aliphatic heterocycles. The molecule has 0 aliphatic carbocycles. The minimum absolute atomic E-state index is 0.506. The molecule has 0 heterocycles. The van der Waals surface area contributed by atoms with Gasteiger partial charge in [0.05, 0.1) is 19.0 Å². The van der Waals surface area contributed by atoms with Gasteiger partial charge in [-0.25, -0.2) is 5.43 Å². The predicted octanol–water partition coefficient (Wildman–Crippen LogP) is 2.55. The van der Waals surface area contributed by atoms with Gasteiger partial charge < -0.3 is 10.1 Å². The van der Waals surface area contributed by atoms with Crippen molar-refractivity contribution in [3.05, 3.63) is 58.6 Å². The maximum absolute atomic E-state index is 11.8. The lowest BCUT2D eigenvalue weighted by Crippen LogP contribution is -2.32. The van der Waals surface area contributed by atoms with E-state index in [1.807, 2.05) is 0 Å². The second-order valence-corrected chi connectivity index (χ2v) is 5.26. The van der Waals surface area contributed by atoms with Crippen molar-refractivity contribution in [1.29, 1.82) is 0 Å². The van der Waals surface area contributed by atoms with Gasteiger partial charge in [0.15, 0.2) is 0 Å². The first kappa shape index (κ1) is 16.7. The molecule has 0 atom stereocenters. The van der Waals surface area contributed by atoms with Gasteiger partial charge in [0, 0.05) is 4.47 Å². The summed E-state index contributed by atoms with van der Waals surface area (Å²) < 4.78 is 5.72. The van der Waals surface area contributed by atoms with Crippen molar-refractivity contribution in [1.82, 2.24) is 5.43 Å². The van der Waals surface area contributed by atoms with Gasteiger partial charge in [-0.2, -0.15) is 5.10 Å². The van der Waals surface area contributed by atoms with Crippen molar-refractivity contribution in [3.8, 4) is 5.75 Å². The number of rotatable bonds is 4. The molecule has 7 heteroatoms. The molecule has 23 heavy (non-hydrogen) atoms. The number of halogens is 1. The lowest BCUT2D eigenvalue weighted by molar-refractivity contribution is -0.136. The number of para-hydroxylation sites is 1. The molecule has 0 fully saturated rings. The molecule has 0 radical (unpaired) electrons. The molecule has 0 aliphatic rings. The maximum Gasteiger partial charge on any atom is 0.329 e. The molecule has 2 amide bonds. The number of carbonyl (C=O) groups excluding carboxylic acids is 2. The second kappa shape index (κ2) is 8.09. The molecule has 0 saturated heterocycles. The summed E-state index contributed by atoms with van der Waals surface area (Å²) in [5.74, 6) is -0.937. The number of hydrazone groups is 1. The number of amides is 2. The number of ether oxygens (including phenoxy) is 1. The van der Waals surface area contributed by atoms with Crippen LogP contribution in [0.25, 0.3) is 0 Å². The van der Waals surface area contributed by atoms with Gasteiger partial charge in [0.1, 0.15) is 5.75 Å². The van der Waals surface area contributed by atoms with Crippen molar-refractivity contribution in [3.63, 3.8) is 0 Å². The average molecular weight is 376 g/mol. The maximum atomic E-state index is 11.8. The van der Waals surface area contributed by atoms with Gasteiger partial charge >= 0.3 is 11.8 Å². The Kier molecular flexibility index (Phi) is 5.87. The predicted molar refractivity (Wildman–Crippen MR) is 91.5 cm³/mol. The standard InChI is InChI=1S/C16H14BrN3O3/c1-23-12-8-6-11(7-9-12)10-18-20-16(22)15(21)19-14-5-3-2-4-13(14)17/h2-10H,1H3,(H,19,21)(H,20,22).